The van der Waals surface area contributed by atoms with Gasteiger partial charge >= 0.3 is 0 Å². The molecule has 0 spiro atoms. The molecule has 2 aromatic rings. The van der Waals surface area contributed by atoms with Crippen molar-refractivity contribution in [3.05, 3.63) is 31.1 Å². The zero-order chi connectivity index (χ0) is 9.42. The molecule has 2 rings (SSSR count). The Balaban J connectivity index is 2.91. The maximum atomic E-state index is 10.7. The molecule has 0 unspecified atom stereocenters. The monoisotopic (exact) mass is 366 g/mol. The summed E-state index contributed by atoms with van der Waals surface area (Å²) in [5.41, 5.74) is 0. The van der Waals surface area contributed by atoms with Crippen LogP contribution in [0.4, 0.5) is 0 Å². The van der Waals surface area contributed by atoms with E-state index in [2.05, 4.69) is 38.5 Å². The molecule has 1 nitrogen and oxygen atoms in total. The molecule has 0 saturated carbocycles. The van der Waals surface area contributed by atoms with Crippen LogP contribution < -0.4 is 0 Å². The molecule has 1 heterocycles. The molecular formula is C9H4BrIOS. The molecule has 1 aromatic carbocycles. The lowest BCUT2D eigenvalue weighted by molar-refractivity contribution is 0.112. The molecule has 4 heteroatoms. The van der Waals surface area contributed by atoms with E-state index >= 15 is 0 Å². The molecule has 0 N–H and O–H groups in total. The van der Waals surface area contributed by atoms with E-state index in [9.17, 15) is 4.79 Å². The standard InChI is InChI=1S/C9H4BrIOS/c10-6-3-1-2-5-8(11)7(4-12)13-9(5)6/h1-4H. The normalized spacial score (nSPS) is 10.6. The number of carbonyl (C=O) groups is 1. The van der Waals surface area contributed by atoms with Gasteiger partial charge in [0, 0.05) is 13.4 Å². The Morgan fingerprint density at radius 2 is 2.23 bits per heavy atom. The molecule has 0 radical (unpaired) electrons. The average Bonchev–Trinajstić information content (AvgIpc) is 2.45. The molecule has 1 aromatic heterocycles. The second-order valence-electron chi connectivity index (χ2n) is 2.51. The van der Waals surface area contributed by atoms with Crippen LogP contribution in [0.5, 0.6) is 0 Å². The van der Waals surface area contributed by atoms with Crippen LogP contribution in [0.3, 0.4) is 0 Å². The number of thiophene rings is 1. The Labute approximate surface area is 101 Å². The first-order valence-electron chi connectivity index (χ1n) is 3.55. The number of halogens is 2. The largest absolute Gasteiger partial charge is 0.297 e. The van der Waals surface area contributed by atoms with Gasteiger partial charge in [-0.05, 0) is 44.6 Å². The Hall–Kier alpha value is 0.0600. The van der Waals surface area contributed by atoms with Gasteiger partial charge in [-0.2, -0.15) is 0 Å². The molecule has 0 fully saturated rings. The second-order valence-corrected chi connectivity index (χ2v) is 5.50. The predicted octanol–water partition coefficient (Wildman–Crippen LogP) is 4.08. The van der Waals surface area contributed by atoms with E-state index in [1.165, 1.54) is 11.3 Å². The first-order chi connectivity index (χ1) is 6.24. The van der Waals surface area contributed by atoms with Crippen molar-refractivity contribution in [3.8, 4) is 0 Å². The minimum atomic E-state index is 0.808. The van der Waals surface area contributed by atoms with Crippen LogP contribution in [0.15, 0.2) is 22.7 Å². The highest BCUT2D eigenvalue weighted by Gasteiger charge is 2.10. The second kappa shape index (κ2) is 3.67. The van der Waals surface area contributed by atoms with Gasteiger partial charge in [-0.1, -0.05) is 12.1 Å². The van der Waals surface area contributed by atoms with Crippen molar-refractivity contribution in [3.63, 3.8) is 0 Å². The molecule has 0 aliphatic rings. The number of benzene rings is 1. The lowest BCUT2D eigenvalue weighted by atomic mass is 10.2. The van der Waals surface area contributed by atoms with Crippen molar-refractivity contribution in [1.29, 1.82) is 0 Å². The van der Waals surface area contributed by atoms with Crippen molar-refractivity contribution in [1.82, 2.24) is 0 Å². The van der Waals surface area contributed by atoms with Gasteiger partial charge in [-0.15, -0.1) is 11.3 Å². The maximum Gasteiger partial charge on any atom is 0.161 e. The fraction of sp³-hybridized carbons (Fsp3) is 0. The SMILES string of the molecule is O=Cc1sc2c(Br)cccc2c1I. The first kappa shape index (κ1) is 9.61. The smallest absolute Gasteiger partial charge is 0.161 e. The van der Waals surface area contributed by atoms with E-state index < -0.39 is 0 Å². The van der Waals surface area contributed by atoms with Gasteiger partial charge in [0.15, 0.2) is 6.29 Å². The lowest BCUT2D eigenvalue weighted by Crippen LogP contribution is -1.74. The fourth-order valence-electron chi connectivity index (χ4n) is 1.15. The summed E-state index contributed by atoms with van der Waals surface area (Å²) in [6, 6.07) is 6.00. The molecule has 66 valence electrons. The van der Waals surface area contributed by atoms with E-state index in [0.717, 1.165) is 29.3 Å². The van der Waals surface area contributed by atoms with E-state index in [1.54, 1.807) is 0 Å². The number of hydrogen-bond acceptors (Lipinski definition) is 2. The highest BCUT2D eigenvalue weighted by Crippen LogP contribution is 2.35. The molecule has 0 aliphatic carbocycles. The molecule has 0 atom stereocenters. The number of aldehydes is 1. The summed E-state index contributed by atoms with van der Waals surface area (Å²) in [5, 5.41) is 1.15. The Bertz CT molecular complexity index is 478. The van der Waals surface area contributed by atoms with Crippen molar-refractivity contribution in [2.24, 2.45) is 0 Å². The number of rotatable bonds is 1. The summed E-state index contributed by atoms with van der Waals surface area (Å²) in [4.78, 5) is 11.5. The number of hydrogen-bond donors (Lipinski definition) is 0. The zero-order valence-corrected chi connectivity index (χ0v) is 10.9. The van der Waals surface area contributed by atoms with Crippen LogP contribution in [-0.4, -0.2) is 6.29 Å². The van der Waals surface area contributed by atoms with E-state index in [4.69, 9.17) is 0 Å². The van der Waals surface area contributed by atoms with Crippen molar-refractivity contribution in [2.45, 2.75) is 0 Å². The number of fused-ring (bicyclic) bond motifs is 1. The van der Waals surface area contributed by atoms with Gasteiger partial charge in [0.05, 0.1) is 9.58 Å². The fourth-order valence-corrected chi connectivity index (χ4v) is 3.76. The van der Waals surface area contributed by atoms with Crippen molar-refractivity contribution < 1.29 is 4.79 Å². The van der Waals surface area contributed by atoms with E-state index in [0.29, 0.717) is 0 Å². The van der Waals surface area contributed by atoms with Crippen LogP contribution in [0.25, 0.3) is 10.1 Å². The maximum absolute atomic E-state index is 10.7. The topological polar surface area (TPSA) is 17.1 Å². The van der Waals surface area contributed by atoms with Crippen LogP contribution in [-0.2, 0) is 0 Å². The van der Waals surface area contributed by atoms with Gasteiger partial charge in [0.2, 0.25) is 0 Å². The van der Waals surface area contributed by atoms with Crippen molar-refractivity contribution >= 4 is 66.2 Å². The predicted molar refractivity (Wildman–Crippen MR) is 67.6 cm³/mol. The molecule has 13 heavy (non-hydrogen) atoms. The summed E-state index contributed by atoms with van der Waals surface area (Å²) in [6.45, 7) is 0. The van der Waals surface area contributed by atoms with E-state index in [1.807, 2.05) is 18.2 Å². The summed E-state index contributed by atoms with van der Waals surface area (Å²) in [6.07, 6.45) is 0.916. The van der Waals surface area contributed by atoms with Crippen LogP contribution in [0, 0.1) is 3.57 Å². The molecule has 0 bridgehead atoms. The van der Waals surface area contributed by atoms with Gasteiger partial charge in [-0.3, -0.25) is 4.79 Å². The Morgan fingerprint density at radius 1 is 1.46 bits per heavy atom. The highest BCUT2D eigenvalue weighted by molar-refractivity contribution is 14.1. The highest BCUT2D eigenvalue weighted by atomic mass is 127. The van der Waals surface area contributed by atoms with Gasteiger partial charge in [0.1, 0.15) is 0 Å². The van der Waals surface area contributed by atoms with Gasteiger partial charge in [0.25, 0.3) is 0 Å². The van der Waals surface area contributed by atoms with Crippen molar-refractivity contribution in [2.75, 3.05) is 0 Å². The summed E-state index contributed by atoms with van der Waals surface area (Å²) in [5.74, 6) is 0. The average molecular weight is 367 g/mol. The minimum Gasteiger partial charge on any atom is -0.297 e. The summed E-state index contributed by atoms with van der Waals surface area (Å²) >= 11 is 7.20. The quantitative estimate of drug-likeness (QED) is 0.549. The van der Waals surface area contributed by atoms with Gasteiger partial charge < -0.3 is 0 Å². The third-order valence-corrected chi connectivity index (χ3v) is 5.35. The summed E-state index contributed by atoms with van der Waals surface area (Å²) in [7, 11) is 0. The Kier molecular flexibility index (Phi) is 2.71. The third-order valence-electron chi connectivity index (χ3n) is 1.74. The summed E-state index contributed by atoms with van der Waals surface area (Å²) < 4.78 is 3.25. The lowest BCUT2D eigenvalue weighted by Gasteiger charge is -1.91. The zero-order valence-electron chi connectivity index (χ0n) is 6.38. The molecule has 0 aliphatic heterocycles. The Morgan fingerprint density at radius 3 is 2.85 bits per heavy atom. The van der Waals surface area contributed by atoms with Gasteiger partial charge in [-0.25, -0.2) is 0 Å². The van der Waals surface area contributed by atoms with Crippen LogP contribution >= 0.6 is 49.9 Å². The molecule has 0 amide bonds. The third kappa shape index (κ3) is 1.55. The minimum absolute atomic E-state index is 0.808. The number of carbonyl (C=O) groups excluding carboxylic acids is 1. The van der Waals surface area contributed by atoms with Crippen LogP contribution in [0.2, 0.25) is 0 Å². The first-order valence-corrected chi connectivity index (χ1v) is 6.24. The van der Waals surface area contributed by atoms with Crippen LogP contribution in [0.1, 0.15) is 9.67 Å². The van der Waals surface area contributed by atoms with E-state index in [-0.39, 0.29) is 0 Å². The molecule has 0 saturated heterocycles. The molecular weight excluding hydrogens is 363 g/mol.